The second-order valence-corrected chi connectivity index (χ2v) is 8.04. The van der Waals surface area contributed by atoms with Gasteiger partial charge in [-0.05, 0) is 37.9 Å². The number of benzene rings is 1. The third-order valence-corrected chi connectivity index (χ3v) is 6.03. The van der Waals surface area contributed by atoms with Crippen molar-refractivity contribution in [2.75, 3.05) is 51.3 Å². The van der Waals surface area contributed by atoms with Crippen LogP contribution in [0.3, 0.4) is 0 Å². The molecule has 2 saturated heterocycles. The van der Waals surface area contributed by atoms with Crippen LogP contribution in [0.5, 0.6) is 0 Å². The Morgan fingerprint density at radius 1 is 1.25 bits per heavy atom. The summed E-state index contributed by atoms with van der Waals surface area (Å²) in [5.41, 5.74) is 1.14. The molecule has 0 saturated carbocycles. The topological polar surface area (TPSA) is 35.6 Å². The average Bonchev–Trinajstić information content (AvgIpc) is 2.64. The van der Waals surface area contributed by atoms with Gasteiger partial charge >= 0.3 is 0 Å². The van der Waals surface area contributed by atoms with Crippen molar-refractivity contribution >= 4 is 17.7 Å². The van der Waals surface area contributed by atoms with E-state index in [4.69, 9.17) is 0 Å². The molecule has 2 heterocycles. The molecular weight excluding hydrogens is 318 g/mol. The Kier molecular flexibility index (Phi) is 6.58. The molecule has 0 spiro atoms. The summed E-state index contributed by atoms with van der Waals surface area (Å²) in [4.78, 5) is 17.9. The van der Waals surface area contributed by atoms with Gasteiger partial charge in [-0.2, -0.15) is 11.8 Å². The molecule has 1 aromatic rings. The number of thioether (sulfide) groups is 1. The minimum Gasteiger partial charge on any atom is -0.341 e. The molecule has 0 radical (unpaired) electrons. The quantitative estimate of drug-likeness (QED) is 0.886. The summed E-state index contributed by atoms with van der Waals surface area (Å²) in [7, 11) is 2.00. The number of piperidine rings is 1. The van der Waals surface area contributed by atoms with Gasteiger partial charge in [0.2, 0.25) is 5.91 Å². The summed E-state index contributed by atoms with van der Waals surface area (Å²) < 4.78 is 0. The van der Waals surface area contributed by atoms with Gasteiger partial charge in [-0.3, -0.25) is 9.69 Å². The van der Waals surface area contributed by atoms with Crippen molar-refractivity contribution in [2.24, 2.45) is 5.92 Å². The summed E-state index contributed by atoms with van der Waals surface area (Å²) in [6.45, 7) is 4.81. The van der Waals surface area contributed by atoms with Gasteiger partial charge in [0.25, 0.3) is 0 Å². The monoisotopic (exact) mass is 347 g/mol. The van der Waals surface area contributed by atoms with Crippen LogP contribution in [-0.2, 0) is 4.79 Å². The summed E-state index contributed by atoms with van der Waals surface area (Å²) in [5, 5.41) is 3.27. The van der Waals surface area contributed by atoms with Gasteiger partial charge in [0.15, 0.2) is 0 Å². The van der Waals surface area contributed by atoms with Crippen LogP contribution in [0.25, 0.3) is 0 Å². The number of nitrogens with one attached hydrogen (secondary N) is 1. The Morgan fingerprint density at radius 3 is 2.71 bits per heavy atom. The van der Waals surface area contributed by atoms with Gasteiger partial charge in [-0.1, -0.05) is 30.3 Å². The normalized spacial score (nSPS) is 23.9. The molecule has 1 amide bonds. The summed E-state index contributed by atoms with van der Waals surface area (Å²) in [6, 6.07) is 10.2. The number of likely N-dealkylation sites (tertiary alicyclic amines) is 1. The van der Waals surface area contributed by atoms with E-state index < -0.39 is 0 Å². The molecule has 2 aliphatic heterocycles. The highest BCUT2D eigenvalue weighted by Gasteiger charge is 2.34. The fourth-order valence-corrected chi connectivity index (χ4v) is 4.81. The molecule has 132 valence electrons. The molecule has 0 bridgehead atoms. The minimum absolute atomic E-state index is 0.111. The Balaban J connectivity index is 1.78. The maximum absolute atomic E-state index is 13.4. The van der Waals surface area contributed by atoms with Crippen LogP contribution in [0.4, 0.5) is 0 Å². The van der Waals surface area contributed by atoms with E-state index in [0.29, 0.717) is 11.8 Å². The van der Waals surface area contributed by atoms with E-state index in [9.17, 15) is 4.79 Å². The molecule has 0 aromatic heterocycles. The van der Waals surface area contributed by atoms with Gasteiger partial charge < -0.3 is 10.2 Å². The van der Waals surface area contributed by atoms with Crippen molar-refractivity contribution in [1.29, 1.82) is 0 Å². The van der Waals surface area contributed by atoms with Crippen molar-refractivity contribution in [3.63, 3.8) is 0 Å². The Labute approximate surface area is 150 Å². The van der Waals surface area contributed by atoms with Crippen LogP contribution in [0.2, 0.25) is 0 Å². The van der Waals surface area contributed by atoms with Crippen LogP contribution in [0.15, 0.2) is 30.3 Å². The van der Waals surface area contributed by atoms with Gasteiger partial charge in [0.1, 0.15) is 6.04 Å². The van der Waals surface area contributed by atoms with Crippen molar-refractivity contribution in [1.82, 2.24) is 15.1 Å². The number of carbonyl (C=O) groups excluding carboxylic acids is 1. The number of amides is 1. The van der Waals surface area contributed by atoms with E-state index in [0.717, 1.165) is 56.2 Å². The lowest BCUT2D eigenvalue weighted by molar-refractivity contribution is -0.139. The Bertz CT molecular complexity index is 517. The molecule has 2 fully saturated rings. The first-order chi connectivity index (χ1) is 11.8. The number of hydrogen-bond acceptors (Lipinski definition) is 4. The maximum Gasteiger partial charge on any atom is 0.244 e. The third kappa shape index (κ3) is 4.32. The van der Waals surface area contributed by atoms with Gasteiger partial charge in [-0.15, -0.1) is 0 Å². The van der Waals surface area contributed by atoms with Gasteiger partial charge in [0.05, 0.1) is 0 Å². The SMILES string of the molecule is CNCC1CCCN(C(=O)C(c2ccccc2)N2CCSCC2)C1. The molecule has 2 atom stereocenters. The van der Waals surface area contributed by atoms with Crippen molar-refractivity contribution in [2.45, 2.75) is 18.9 Å². The van der Waals surface area contributed by atoms with Crippen LogP contribution in [0, 0.1) is 5.92 Å². The second-order valence-electron chi connectivity index (χ2n) is 6.81. The van der Waals surface area contributed by atoms with Crippen LogP contribution < -0.4 is 5.32 Å². The Morgan fingerprint density at radius 2 is 2.00 bits per heavy atom. The highest BCUT2D eigenvalue weighted by atomic mass is 32.2. The fraction of sp³-hybridized carbons (Fsp3) is 0.632. The molecule has 0 aliphatic carbocycles. The second kappa shape index (κ2) is 8.88. The summed E-state index contributed by atoms with van der Waals surface area (Å²) in [6.07, 6.45) is 2.34. The molecule has 2 aliphatic rings. The largest absolute Gasteiger partial charge is 0.341 e. The predicted molar refractivity (Wildman–Crippen MR) is 101 cm³/mol. The van der Waals surface area contributed by atoms with E-state index >= 15 is 0 Å². The molecular formula is C19H29N3OS. The van der Waals surface area contributed by atoms with E-state index in [-0.39, 0.29) is 6.04 Å². The zero-order chi connectivity index (χ0) is 16.8. The van der Waals surface area contributed by atoms with Crippen molar-refractivity contribution in [3.05, 3.63) is 35.9 Å². The first-order valence-corrected chi connectivity index (χ1v) is 10.2. The van der Waals surface area contributed by atoms with E-state index in [1.54, 1.807) is 0 Å². The molecule has 5 heteroatoms. The van der Waals surface area contributed by atoms with Gasteiger partial charge in [0, 0.05) is 37.7 Å². The smallest absolute Gasteiger partial charge is 0.244 e. The summed E-state index contributed by atoms with van der Waals surface area (Å²) in [5.74, 6) is 3.13. The third-order valence-electron chi connectivity index (χ3n) is 5.08. The minimum atomic E-state index is -0.111. The lowest BCUT2D eigenvalue weighted by Gasteiger charge is -2.39. The summed E-state index contributed by atoms with van der Waals surface area (Å²) >= 11 is 1.99. The number of hydrogen-bond donors (Lipinski definition) is 1. The lowest BCUT2D eigenvalue weighted by atomic mass is 9.96. The van der Waals surface area contributed by atoms with Crippen LogP contribution in [0.1, 0.15) is 24.4 Å². The zero-order valence-corrected chi connectivity index (χ0v) is 15.4. The van der Waals surface area contributed by atoms with E-state index in [1.165, 1.54) is 6.42 Å². The zero-order valence-electron chi connectivity index (χ0n) is 14.6. The maximum atomic E-state index is 13.4. The van der Waals surface area contributed by atoms with E-state index in [1.807, 2.05) is 37.0 Å². The fourth-order valence-electron chi connectivity index (χ4n) is 3.87. The van der Waals surface area contributed by atoms with Crippen molar-refractivity contribution in [3.8, 4) is 0 Å². The van der Waals surface area contributed by atoms with Gasteiger partial charge in [-0.25, -0.2) is 0 Å². The highest BCUT2D eigenvalue weighted by Crippen LogP contribution is 2.28. The Hall–Kier alpha value is -1.04. The van der Waals surface area contributed by atoms with Crippen LogP contribution in [-0.4, -0.2) is 67.0 Å². The molecule has 1 N–H and O–H groups in total. The number of rotatable bonds is 5. The molecule has 3 rings (SSSR count). The highest BCUT2D eigenvalue weighted by molar-refractivity contribution is 7.99. The van der Waals surface area contributed by atoms with Crippen molar-refractivity contribution < 1.29 is 4.79 Å². The first kappa shape index (κ1) is 17.8. The first-order valence-electron chi connectivity index (χ1n) is 9.09. The lowest BCUT2D eigenvalue weighted by Crippen LogP contribution is -2.49. The molecule has 4 nitrogen and oxygen atoms in total. The molecule has 1 aromatic carbocycles. The van der Waals surface area contributed by atoms with Crippen LogP contribution >= 0.6 is 11.8 Å². The predicted octanol–water partition coefficient (Wildman–Crippen LogP) is 2.23. The average molecular weight is 348 g/mol. The number of carbonyl (C=O) groups is 1. The standard InChI is InChI=1S/C19H29N3OS/c1-20-14-16-6-5-9-22(15-16)19(23)18(17-7-3-2-4-8-17)21-10-12-24-13-11-21/h2-4,7-8,16,18,20H,5-6,9-15H2,1H3. The van der Waals surface area contributed by atoms with E-state index in [2.05, 4.69) is 27.2 Å². The molecule has 2 unspecified atom stereocenters. The molecule has 24 heavy (non-hydrogen) atoms. The number of nitrogens with zero attached hydrogens (tertiary/aromatic N) is 2.